The molecule has 9 rings (SSSR count). The molecule has 57 heavy (non-hydrogen) atoms. The number of rotatable bonds is 7. The topological polar surface area (TPSA) is 62.5 Å². The standard InChI is InChI=1S/C53H48N4/c1-33-26-35(32-54)29-41(27-33)51-56-49(38-18-16-37(17-19-38)39-21-23-47-48(31-39)53(5,6)25-24-52(47,3)4)55-50(57-51)40-20-22-44-45(28-34(2)36-12-8-7-9-13-36)42-14-10-11-15-43(42)46(44)30-40/h7-23,26-27,29-31,34,45H,24-25,28H2,1-6H3/t34-,45+/m1/s1. The highest BCUT2D eigenvalue weighted by atomic mass is 15.0. The van der Waals surface area contributed by atoms with Crippen molar-refractivity contribution < 1.29 is 0 Å². The summed E-state index contributed by atoms with van der Waals surface area (Å²) in [5.74, 6) is 2.47. The van der Waals surface area contributed by atoms with E-state index in [1.54, 1.807) is 0 Å². The number of hydrogen-bond acceptors (Lipinski definition) is 4. The molecular weight excluding hydrogens is 693 g/mol. The molecule has 280 valence electrons. The molecule has 7 aromatic rings. The summed E-state index contributed by atoms with van der Waals surface area (Å²) >= 11 is 0. The SMILES string of the molecule is Cc1cc(C#N)cc(-c2nc(-c3ccc(-c4ccc5c(c4)C(C)(C)CCC5(C)C)cc3)nc(-c3ccc4c(c3)-c3ccccc3[C@@H]4C[C@@H](C)c3ccccc3)n2)c1. The van der Waals surface area contributed by atoms with Gasteiger partial charge >= 0.3 is 0 Å². The maximum Gasteiger partial charge on any atom is 0.164 e. The molecule has 6 aromatic carbocycles. The smallest absolute Gasteiger partial charge is 0.164 e. The lowest BCUT2D eigenvalue weighted by Crippen LogP contribution is -2.33. The molecule has 4 nitrogen and oxygen atoms in total. The molecule has 2 aliphatic rings. The van der Waals surface area contributed by atoms with E-state index in [1.165, 1.54) is 62.9 Å². The van der Waals surface area contributed by atoms with E-state index < -0.39 is 0 Å². The molecule has 0 amide bonds. The molecule has 0 saturated carbocycles. The fourth-order valence-corrected chi connectivity index (χ4v) is 9.29. The number of hydrogen-bond donors (Lipinski definition) is 0. The Morgan fingerprint density at radius 1 is 0.579 bits per heavy atom. The van der Waals surface area contributed by atoms with Crippen LogP contribution in [0.2, 0.25) is 0 Å². The molecule has 1 heterocycles. The average Bonchev–Trinajstić information content (AvgIpc) is 3.54. The number of nitrogens with zero attached hydrogens (tertiary/aromatic N) is 4. The second kappa shape index (κ2) is 14.1. The van der Waals surface area contributed by atoms with Gasteiger partial charge < -0.3 is 0 Å². The van der Waals surface area contributed by atoms with Crippen LogP contribution in [0.15, 0.2) is 133 Å². The van der Waals surface area contributed by atoms with Crippen molar-refractivity contribution in [2.45, 2.75) is 83.5 Å². The molecule has 0 fully saturated rings. The Morgan fingerprint density at radius 2 is 1.18 bits per heavy atom. The summed E-state index contributed by atoms with van der Waals surface area (Å²) in [5, 5.41) is 9.85. The summed E-state index contributed by atoms with van der Waals surface area (Å²) < 4.78 is 0. The molecule has 0 bridgehead atoms. The maximum atomic E-state index is 9.85. The number of nitriles is 1. The van der Waals surface area contributed by atoms with Crippen LogP contribution in [0.25, 0.3) is 56.4 Å². The van der Waals surface area contributed by atoms with Crippen molar-refractivity contribution in [2.24, 2.45) is 0 Å². The van der Waals surface area contributed by atoms with Gasteiger partial charge in [0.15, 0.2) is 17.5 Å². The minimum atomic E-state index is 0.140. The first-order valence-corrected chi connectivity index (χ1v) is 20.3. The Kier molecular flexibility index (Phi) is 9.01. The third-order valence-electron chi connectivity index (χ3n) is 12.7. The van der Waals surface area contributed by atoms with Crippen LogP contribution in [0, 0.1) is 18.3 Å². The summed E-state index contributed by atoms with van der Waals surface area (Å²) in [6, 6.07) is 50.2. The van der Waals surface area contributed by atoms with Crippen molar-refractivity contribution in [2.75, 3.05) is 0 Å². The highest BCUT2D eigenvalue weighted by Crippen LogP contribution is 2.50. The highest BCUT2D eigenvalue weighted by molar-refractivity contribution is 5.83. The largest absolute Gasteiger partial charge is 0.208 e. The predicted octanol–water partition coefficient (Wildman–Crippen LogP) is 13.4. The van der Waals surface area contributed by atoms with E-state index in [1.807, 2.05) is 25.1 Å². The van der Waals surface area contributed by atoms with Gasteiger partial charge in [0.25, 0.3) is 0 Å². The van der Waals surface area contributed by atoms with Crippen molar-refractivity contribution in [3.05, 3.63) is 172 Å². The molecule has 0 radical (unpaired) electrons. The van der Waals surface area contributed by atoms with Gasteiger partial charge in [0.05, 0.1) is 11.6 Å². The van der Waals surface area contributed by atoms with Gasteiger partial charge in [0.1, 0.15) is 0 Å². The highest BCUT2D eigenvalue weighted by Gasteiger charge is 2.37. The second-order valence-electron chi connectivity index (χ2n) is 17.6. The average molecular weight is 741 g/mol. The van der Waals surface area contributed by atoms with Gasteiger partial charge in [-0.15, -0.1) is 0 Å². The van der Waals surface area contributed by atoms with Crippen LogP contribution in [0.4, 0.5) is 0 Å². The monoisotopic (exact) mass is 740 g/mol. The van der Waals surface area contributed by atoms with Gasteiger partial charge in [0.2, 0.25) is 0 Å². The van der Waals surface area contributed by atoms with E-state index in [4.69, 9.17) is 15.0 Å². The molecule has 0 spiro atoms. The van der Waals surface area contributed by atoms with Crippen molar-refractivity contribution >= 4 is 0 Å². The van der Waals surface area contributed by atoms with Crippen LogP contribution in [-0.4, -0.2) is 15.0 Å². The first-order valence-electron chi connectivity index (χ1n) is 20.3. The van der Waals surface area contributed by atoms with Crippen molar-refractivity contribution in [3.8, 4) is 62.5 Å². The third-order valence-corrected chi connectivity index (χ3v) is 12.7. The van der Waals surface area contributed by atoms with Gasteiger partial charge in [-0.3, -0.25) is 0 Å². The van der Waals surface area contributed by atoms with Crippen molar-refractivity contribution in [1.29, 1.82) is 5.26 Å². The van der Waals surface area contributed by atoms with Crippen LogP contribution in [-0.2, 0) is 10.8 Å². The molecule has 2 atom stereocenters. The van der Waals surface area contributed by atoms with E-state index in [9.17, 15) is 5.26 Å². The number of fused-ring (bicyclic) bond motifs is 4. The molecule has 0 N–H and O–H groups in total. The molecule has 1 aromatic heterocycles. The minimum absolute atomic E-state index is 0.140. The summed E-state index contributed by atoms with van der Waals surface area (Å²) in [7, 11) is 0. The van der Waals surface area contributed by atoms with Crippen LogP contribution in [0.1, 0.15) is 105 Å². The first kappa shape index (κ1) is 36.5. The van der Waals surface area contributed by atoms with Gasteiger partial charge in [-0.25, -0.2) is 15.0 Å². The fraction of sp³-hybridized carbons (Fsp3) is 0.245. The molecule has 2 aliphatic carbocycles. The lowest BCUT2D eigenvalue weighted by atomic mass is 9.63. The third kappa shape index (κ3) is 6.76. The second-order valence-corrected chi connectivity index (χ2v) is 17.6. The lowest BCUT2D eigenvalue weighted by molar-refractivity contribution is 0.332. The fourth-order valence-electron chi connectivity index (χ4n) is 9.29. The van der Waals surface area contributed by atoms with Crippen molar-refractivity contribution in [1.82, 2.24) is 15.0 Å². The van der Waals surface area contributed by atoms with Crippen LogP contribution >= 0.6 is 0 Å². The molecular formula is C53H48N4. The molecule has 4 heteroatoms. The zero-order valence-electron chi connectivity index (χ0n) is 33.8. The minimum Gasteiger partial charge on any atom is -0.208 e. The van der Waals surface area contributed by atoms with Gasteiger partial charge in [0, 0.05) is 22.6 Å². The van der Waals surface area contributed by atoms with E-state index >= 15 is 0 Å². The summed E-state index contributed by atoms with van der Waals surface area (Å²) in [6.45, 7) is 13.8. The summed E-state index contributed by atoms with van der Waals surface area (Å²) in [6.07, 6.45) is 3.41. The summed E-state index contributed by atoms with van der Waals surface area (Å²) in [4.78, 5) is 15.3. The number of aryl methyl sites for hydroxylation is 1. The normalized spacial score (nSPS) is 16.5. The number of aromatic nitrogens is 3. The van der Waals surface area contributed by atoms with Crippen LogP contribution < -0.4 is 0 Å². The molecule has 0 aliphatic heterocycles. The Bertz CT molecular complexity index is 2700. The zero-order valence-corrected chi connectivity index (χ0v) is 33.8. The van der Waals surface area contributed by atoms with E-state index in [0.717, 1.165) is 28.7 Å². The molecule has 0 unspecified atom stereocenters. The zero-order chi connectivity index (χ0) is 39.5. The van der Waals surface area contributed by atoms with E-state index in [2.05, 4.69) is 156 Å². The summed E-state index contributed by atoms with van der Waals surface area (Å²) in [5.41, 5.74) is 16.4. The van der Waals surface area contributed by atoms with E-state index in [0.29, 0.717) is 34.9 Å². The van der Waals surface area contributed by atoms with Gasteiger partial charge in [-0.05, 0) is 123 Å². The predicted molar refractivity (Wildman–Crippen MR) is 233 cm³/mol. The van der Waals surface area contributed by atoms with Crippen LogP contribution in [0.3, 0.4) is 0 Å². The van der Waals surface area contributed by atoms with Gasteiger partial charge in [-0.2, -0.15) is 5.26 Å². The first-order chi connectivity index (χ1) is 27.5. The number of benzene rings is 6. The Morgan fingerprint density at radius 3 is 1.91 bits per heavy atom. The Balaban J connectivity index is 1.12. The maximum absolute atomic E-state index is 9.85. The Labute approximate surface area is 337 Å². The van der Waals surface area contributed by atoms with Crippen LogP contribution in [0.5, 0.6) is 0 Å². The molecule has 0 saturated heterocycles. The van der Waals surface area contributed by atoms with Gasteiger partial charge in [-0.1, -0.05) is 144 Å². The Hall–Kier alpha value is -6.18. The van der Waals surface area contributed by atoms with E-state index in [-0.39, 0.29) is 10.8 Å². The quantitative estimate of drug-likeness (QED) is 0.163. The lowest BCUT2D eigenvalue weighted by Gasteiger charge is -2.42. The van der Waals surface area contributed by atoms with Crippen molar-refractivity contribution in [3.63, 3.8) is 0 Å².